The van der Waals surface area contributed by atoms with Crippen molar-refractivity contribution in [2.45, 2.75) is 45.6 Å². The number of nitrogens with two attached hydrogens (primary N) is 1. The molecule has 0 atom stereocenters. The number of anilines is 3. The number of Topliss-reactive ketones (excluding diaryl/α,β-unsaturated/α-hetero) is 1. The lowest BCUT2D eigenvalue weighted by atomic mass is 10.0. The van der Waals surface area contributed by atoms with Gasteiger partial charge in [0.2, 0.25) is 5.95 Å². The molecule has 0 saturated heterocycles. The van der Waals surface area contributed by atoms with Crippen LogP contribution >= 0.6 is 0 Å². The lowest BCUT2D eigenvalue weighted by Gasteiger charge is -2.19. The molecule has 3 aromatic heterocycles. The second kappa shape index (κ2) is 7.03. The van der Waals surface area contributed by atoms with Crippen LogP contribution in [0.5, 0.6) is 0 Å². The van der Waals surface area contributed by atoms with Crippen LogP contribution < -0.4 is 16.6 Å². The normalized spacial score (nSPS) is 14.5. The number of nitrogen functional groups attached to an aromatic ring is 1. The lowest BCUT2D eigenvalue weighted by molar-refractivity contribution is 0.101. The Hall–Kier alpha value is -3.29. The maximum absolute atomic E-state index is 13.2. The maximum atomic E-state index is 13.2. The van der Waals surface area contributed by atoms with Gasteiger partial charge in [0, 0.05) is 17.6 Å². The zero-order valence-corrected chi connectivity index (χ0v) is 15.9. The van der Waals surface area contributed by atoms with E-state index in [1.165, 1.54) is 6.92 Å². The highest BCUT2D eigenvalue weighted by atomic mass is 16.1. The minimum Gasteiger partial charge on any atom is -0.397 e. The van der Waals surface area contributed by atoms with Crippen LogP contribution in [0.25, 0.3) is 11.0 Å². The SMILES string of the molecule is CC(=O)c1c(C)c2cnc(Nc3ccc(N)cn3)nc2n(C2CCCC2)c1=O. The van der Waals surface area contributed by atoms with E-state index in [2.05, 4.69) is 20.3 Å². The summed E-state index contributed by atoms with van der Waals surface area (Å²) in [6.45, 7) is 3.20. The average molecular weight is 378 g/mol. The van der Waals surface area contributed by atoms with Crippen LogP contribution in [0.2, 0.25) is 0 Å². The third kappa shape index (κ3) is 3.11. The number of aromatic nitrogens is 4. The van der Waals surface area contributed by atoms with Gasteiger partial charge in [0.25, 0.3) is 5.56 Å². The molecule has 1 fully saturated rings. The van der Waals surface area contributed by atoms with Gasteiger partial charge < -0.3 is 11.1 Å². The Morgan fingerprint density at radius 2 is 1.96 bits per heavy atom. The average Bonchev–Trinajstić information content (AvgIpc) is 3.17. The van der Waals surface area contributed by atoms with Crippen molar-refractivity contribution in [2.24, 2.45) is 0 Å². The van der Waals surface area contributed by atoms with E-state index >= 15 is 0 Å². The van der Waals surface area contributed by atoms with E-state index in [-0.39, 0.29) is 22.9 Å². The van der Waals surface area contributed by atoms with Gasteiger partial charge >= 0.3 is 0 Å². The number of carbonyl (C=O) groups excluding carboxylic acids is 1. The van der Waals surface area contributed by atoms with E-state index in [0.29, 0.717) is 34.1 Å². The highest BCUT2D eigenvalue weighted by Gasteiger charge is 2.25. The number of aryl methyl sites for hydroxylation is 1. The number of hydrogen-bond acceptors (Lipinski definition) is 7. The van der Waals surface area contributed by atoms with Crippen molar-refractivity contribution < 1.29 is 4.79 Å². The monoisotopic (exact) mass is 378 g/mol. The van der Waals surface area contributed by atoms with Crippen molar-refractivity contribution in [3.63, 3.8) is 0 Å². The highest BCUT2D eigenvalue weighted by Crippen LogP contribution is 2.32. The summed E-state index contributed by atoms with van der Waals surface area (Å²) in [7, 11) is 0. The number of rotatable bonds is 4. The van der Waals surface area contributed by atoms with Crippen LogP contribution in [-0.2, 0) is 0 Å². The molecule has 8 heteroatoms. The van der Waals surface area contributed by atoms with Gasteiger partial charge in [-0.15, -0.1) is 0 Å². The van der Waals surface area contributed by atoms with E-state index in [0.717, 1.165) is 25.7 Å². The number of hydrogen-bond donors (Lipinski definition) is 2. The minimum atomic E-state index is -0.264. The molecule has 3 aromatic rings. The zero-order chi connectivity index (χ0) is 19.8. The molecule has 3 heterocycles. The Morgan fingerprint density at radius 3 is 2.61 bits per heavy atom. The number of carbonyl (C=O) groups is 1. The topological polar surface area (TPSA) is 116 Å². The fourth-order valence-corrected chi connectivity index (χ4v) is 3.90. The van der Waals surface area contributed by atoms with E-state index in [1.54, 1.807) is 36.0 Å². The second-order valence-corrected chi connectivity index (χ2v) is 7.20. The first kappa shape index (κ1) is 18.1. The van der Waals surface area contributed by atoms with Gasteiger partial charge in [-0.2, -0.15) is 4.98 Å². The number of ketones is 1. The summed E-state index contributed by atoms with van der Waals surface area (Å²) < 4.78 is 1.69. The molecule has 0 bridgehead atoms. The Balaban J connectivity index is 1.90. The number of nitrogens with one attached hydrogen (secondary N) is 1. The Labute approximate surface area is 161 Å². The summed E-state index contributed by atoms with van der Waals surface area (Å²) in [6.07, 6.45) is 7.14. The molecule has 0 amide bonds. The van der Waals surface area contributed by atoms with Crippen LogP contribution in [0.1, 0.15) is 54.6 Å². The van der Waals surface area contributed by atoms with Crippen molar-refractivity contribution in [3.05, 3.63) is 46.0 Å². The molecule has 3 N–H and O–H groups in total. The van der Waals surface area contributed by atoms with Crippen molar-refractivity contribution in [2.75, 3.05) is 11.1 Å². The largest absolute Gasteiger partial charge is 0.397 e. The van der Waals surface area contributed by atoms with Crippen molar-refractivity contribution in [1.29, 1.82) is 0 Å². The molecule has 28 heavy (non-hydrogen) atoms. The van der Waals surface area contributed by atoms with Crippen molar-refractivity contribution in [3.8, 4) is 0 Å². The van der Waals surface area contributed by atoms with Crippen molar-refractivity contribution in [1.82, 2.24) is 19.5 Å². The first-order chi connectivity index (χ1) is 13.5. The van der Waals surface area contributed by atoms with Crippen LogP contribution in [0.4, 0.5) is 17.5 Å². The predicted molar refractivity (Wildman–Crippen MR) is 108 cm³/mol. The lowest BCUT2D eigenvalue weighted by Crippen LogP contribution is -2.30. The molecular weight excluding hydrogens is 356 g/mol. The molecular formula is C20H22N6O2. The number of pyridine rings is 2. The van der Waals surface area contributed by atoms with Crippen LogP contribution in [0.15, 0.2) is 29.3 Å². The molecule has 0 spiro atoms. The number of nitrogens with zero attached hydrogens (tertiary/aromatic N) is 4. The quantitative estimate of drug-likeness (QED) is 0.670. The summed E-state index contributed by atoms with van der Waals surface area (Å²) in [5.41, 5.74) is 7.37. The molecule has 1 aliphatic rings. The second-order valence-electron chi connectivity index (χ2n) is 7.20. The van der Waals surface area contributed by atoms with Gasteiger partial charge in [0.1, 0.15) is 11.5 Å². The summed E-state index contributed by atoms with van der Waals surface area (Å²) in [4.78, 5) is 38.5. The van der Waals surface area contributed by atoms with Gasteiger partial charge in [0.15, 0.2) is 5.78 Å². The van der Waals surface area contributed by atoms with E-state index < -0.39 is 0 Å². The predicted octanol–water partition coefficient (Wildman–Crippen LogP) is 3.14. The fourth-order valence-electron chi connectivity index (χ4n) is 3.90. The number of fused-ring (bicyclic) bond motifs is 1. The molecule has 0 aliphatic heterocycles. The molecule has 4 rings (SSSR count). The molecule has 0 unspecified atom stereocenters. The van der Waals surface area contributed by atoms with Crippen LogP contribution in [-0.4, -0.2) is 25.3 Å². The third-order valence-corrected chi connectivity index (χ3v) is 5.28. The summed E-state index contributed by atoms with van der Waals surface area (Å²) in [6, 6.07) is 3.51. The Kier molecular flexibility index (Phi) is 4.54. The van der Waals surface area contributed by atoms with Crippen molar-refractivity contribution >= 4 is 34.3 Å². The standard InChI is InChI=1S/C20H22N6O2/c1-11-15-10-23-20(24-16-8-7-13(21)9-22-16)25-18(15)26(14-5-3-4-6-14)19(28)17(11)12(2)27/h7-10,14H,3-6,21H2,1-2H3,(H,22,23,24,25). The van der Waals surface area contributed by atoms with Gasteiger partial charge in [-0.3, -0.25) is 14.2 Å². The van der Waals surface area contributed by atoms with E-state index in [1.807, 2.05) is 0 Å². The third-order valence-electron chi connectivity index (χ3n) is 5.28. The van der Waals surface area contributed by atoms with Gasteiger partial charge in [-0.1, -0.05) is 12.8 Å². The molecule has 1 saturated carbocycles. The summed E-state index contributed by atoms with van der Waals surface area (Å²) >= 11 is 0. The molecule has 8 nitrogen and oxygen atoms in total. The minimum absolute atomic E-state index is 0.0473. The first-order valence-electron chi connectivity index (χ1n) is 9.37. The Morgan fingerprint density at radius 1 is 1.21 bits per heavy atom. The van der Waals surface area contributed by atoms with Crippen LogP contribution in [0.3, 0.4) is 0 Å². The fraction of sp³-hybridized carbons (Fsp3) is 0.350. The molecule has 0 radical (unpaired) electrons. The molecule has 1 aliphatic carbocycles. The van der Waals surface area contributed by atoms with E-state index in [4.69, 9.17) is 5.73 Å². The van der Waals surface area contributed by atoms with Gasteiger partial charge in [-0.25, -0.2) is 9.97 Å². The van der Waals surface area contributed by atoms with Gasteiger partial charge in [0.05, 0.1) is 17.4 Å². The first-order valence-corrected chi connectivity index (χ1v) is 9.37. The maximum Gasteiger partial charge on any atom is 0.263 e. The van der Waals surface area contributed by atoms with E-state index in [9.17, 15) is 9.59 Å². The summed E-state index contributed by atoms with van der Waals surface area (Å²) in [5, 5.41) is 3.76. The Bertz CT molecular complexity index is 1110. The van der Waals surface area contributed by atoms with Gasteiger partial charge in [-0.05, 0) is 44.4 Å². The smallest absolute Gasteiger partial charge is 0.263 e. The molecule has 144 valence electrons. The summed E-state index contributed by atoms with van der Waals surface area (Å²) in [5.74, 6) is 0.663. The highest BCUT2D eigenvalue weighted by molar-refractivity contribution is 5.99. The zero-order valence-electron chi connectivity index (χ0n) is 15.9. The molecule has 0 aromatic carbocycles. The van der Waals surface area contributed by atoms with Crippen LogP contribution in [0, 0.1) is 6.92 Å².